The number of hydrogen-bond donors (Lipinski definition) is 1. The Hall–Kier alpha value is -1.97. The number of carbonyl (C=O) groups is 1. The van der Waals surface area contributed by atoms with E-state index < -0.39 is 5.97 Å². The van der Waals surface area contributed by atoms with Gasteiger partial charge in [-0.25, -0.2) is 4.79 Å². The van der Waals surface area contributed by atoms with Gasteiger partial charge in [0.05, 0.1) is 13.2 Å². The quantitative estimate of drug-likeness (QED) is 0.830. The van der Waals surface area contributed by atoms with Gasteiger partial charge in [0.2, 0.25) is 0 Å². The molecule has 1 aliphatic rings. The van der Waals surface area contributed by atoms with Crippen LogP contribution in [-0.2, 0) is 11.2 Å². The highest BCUT2D eigenvalue weighted by atomic mass is 16.5. The first kappa shape index (κ1) is 12.5. The molecule has 18 heavy (non-hydrogen) atoms. The van der Waals surface area contributed by atoms with Gasteiger partial charge in [0, 0.05) is 12.0 Å². The predicted molar refractivity (Wildman–Crippen MR) is 67.1 cm³/mol. The highest BCUT2D eigenvalue weighted by Crippen LogP contribution is 2.31. The van der Waals surface area contributed by atoms with Crippen LogP contribution in [0, 0.1) is 5.92 Å². The fourth-order valence-corrected chi connectivity index (χ4v) is 1.99. The van der Waals surface area contributed by atoms with Crippen molar-refractivity contribution in [2.75, 3.05) is 13.2 Å². The molecule has 0 aliphatic carbocycles. The average molecular weight is 248 g/mol. The molecule has 1 N–H and O–H groups in total. The zero-order valence-corrected chi connectivity index (χ0v) is 10.3. The van der Waals surface area contributed by atoms with Gasteiger partial charge in [0.25, 0.3) is 0 Å². The molecule has 0 unspecified atom stereocenters. The van der Waals surface area contributed by atoms with Crippen LogP contribution < -0.4 is 9.47 Å². The lowest BCUT2D eigenvalue weighted by Gasteiger charge is -2.23. The third kappa shape index (κ3) is 3.03. The Labute approximate surface area is 106 Å². The molecule has 0 saturated carbocycles. The van der Waals surface area contributed by atoms with Gasteiger partial charge in [-0.3, -0.25) is 0 Å². The van der Waals surface area contributed by atoms with Crippen LogP contribution in [0.4, 0.5) is 0 Å². The van der Waals surface area contributed by atoms with Gasteiger partial charge < -0.3 is 14.6 Å². The third-order valence-electron chi connectivity index (χ3n) is 2.79. The lowest BCUT2D eigenvalue weighted by atomic mass is 9.96. The molecule has 0 fully saturated rings. The summed E-state index contributed by atoms with van der Waals surface area (Å²) in [7, 11) is 0. The molecule has 4 heteroatoms. The molecule has 1 heterocycles. The van der Waals surface area contributed by atoms with Crippen molar-refractivity contribution in [2.24, 2.45) is 5.92 Å². The number of fused-ring (bicyclic) bond motifs is 1. The van der Waals surface area contributed by atoms with Gasteiger partial charge >= 0.3 is 5.97 Å². The maximum atomic E-state index is 10.5. The van der Waals surface area contributed by atoms with E-state index in [9.17, 15) is 4.79 Å². The minimum atomic E-state index is -0.927. The summed E-state index contributed by atoms with van der Waals surface area (Å²) in [6, 6.07) is 5.74. The molecule has 1 aromatic rings. The largest absolute Gasteiger partial charge is 0.494 e. The van der Waals surface area contributed by atoms with Crippen molar-refractivity contribution < 1.29 is 19.4 Å². The summed E-state index contributed by atoms with van der Waals surface area (Å²) in [4.78, 5) is 10.5. The van der Waals surface area contributed by atoms with E-state index in [2.05, 4.69) is 0 Å². The van der Waals surface area contributed by atoms with E-state index >= 15 is 0 Å². The molecule has 2 rings (SSSR count). The van der Waals surface area contributed by atoms with Gasteiger partial charge in [-0.15, -0.1) is 0 Å². The van der Waals surface area contributed by atoms with E-state index in [0.717, 1.165) is 23.5 Å². The van der Waals surface area contributed by atoms with Crippen molar-refractivity contribution >= 4 is 5.97 Å². The zero-order valence-electron chi connectivity index (χ0n) is 10.3. The van der Waals surface area contributed by atoms with Crippen LogP contribution in [0.25, 0.3) is 0 Å². The van der Waals surface area contributed by atoms with E-state index in [1.165, 1.54) is 6.08 Å². The summed E-state index contributed by atoms with van der Waals surface area (Å²) in [5.74, 6) is 0.857. The number of aliphatic carboxylic acids is 1. The van der Waals surface area contributed by atoms with Crippen LogP contribution >= 0.6 is 0 Å². The molecular weight excluding hydrogens is 232 g/mol. The number of benzene rings is 1. The van der Waals surface area contributed by atoms with Gasteiger partial charge in [0.1, 0.15) is 11.5 Å². The first-order valence-corrected chi connectivity index (χ1v) is 5.98. The van der Waals surface area contributed by atoms with Crippen molar-refractivity contribution in [1.82, 2.24) is 0 Å². The Balaban J connectivity index is 2.11. The normalized spacial score (nSPS) is 18.2. The molecule has 0 amide bonds. The first-order chi connectivity index (χ1) is 8.69. The molecule has 0 aromatic heterocycles. The summed E-state index contributed by atoms with van der Waals surface area (Å²) in [6.45, 7) is 3.08. The van der Waals surface area contributed by atoms with E-state index in [4.69, 9.17) is 14.6 Å². The highest BCUT2D eigenvalue weighted by Gasteiger charge is 2.18. The summed E-state index contributed by atoms with van der Waals surface area (Å²) in [5, 5.41) is 8.61. The van der Waals surface area contributed by atoms with Gasteiger partial charge in [-0.2, -0.15) is 0 Å². The fraction of sp³-hybridized carbons (Fsp3) is 0.357. The molecular formula is C14H16O4. The number of rotatable bonds is 4. The van der Waals surface area contributed by atoms with Crippen LogP contribution in [0.2, 0.25) is 0 Å². The number of carboxylic acids is 1. The van der Waals surface area contributed by atoms with Crippen LogP contribution in [0.1, 0.15) is 12.5 Å². The smallest absolute Gasteiger partial charge is 0.327 e. The highest BCUT2D eigenvalue weighted by molar-refractivity contribution is 5.79. The van der Waals surface area contributed by atoms with Gasteiger partial charge in [0.15, 0.2) is 0 Å². The van der Waals surface area contributed by atoms with Crippen molar-refractivity contribution in [1.29, 1.82) is 0 Å². The molecule has 0 spiro atoms. The van der Waals surface area contributed by atoms with Gasteiger partial charge in [-0.05, 0) is 37.1 Å². The second-order valence-electron chi connectivity index (χ2n) is 4.18. The van der Waals surface area contributed by atoms with E-state index in [1.54, 1.807) is 6.08 Å². The lowest BCUT2D eigenvalue weighted by molar-refractivity contribution is -0.131. The molecule has 1 atom stereocenters. The molecule has 4 nitrogen and oxygen atoms in total. The van der Waals surface area contributed by atoms with E-state index in [1.807, 2.05) is 25.1 Å². The molecule has 96 valence electrons. The number of hydrogen-bond acceptors (Lipinski definition) is 3. The second kappa shape index (κ2) is 5.58. The average Bonchev–Trinajstić information content (AvgIpc) is 2.36. The summed E-state index contributed by atoms with van der Waals surface area (Å²) >= 11 is 0. The molecule has 0 bridgehead atoms. The second-order valence-corrected chi connectivity index (χ2v) is 4.18. The van der Waals surface area contributed by atoms with Gasteiger partial charge in [-0.1, -0.05) is 6.08 Å². The van der Waals surface area contributed by atoms with Crippen LogP contribution in [0.15, 0.2) is 30.4 Å². The Kier molecular flexibility index (Phi) is 3.87. The number of carboxylic acid groups (broad SMARTS) is 1. The minimum Gasteiger partial charge on any atom is -0.494 e. The Morgan fingerprint density at radius 3 is 3.17 bits per heavy atom. The van der Waals surface area contributed by atoms with E-state index in [-0.39, 0.29) is 5.92 Å². The van der Waals surface area contributed by atoms with E-state index in [0.29, 0.717) is 13.2 Å². The maximum Gasteiger partial charge on any atom is 0.327 e. The Morgan fingerprint density at radius 1 is 1.61 bits per heavy atom. The Bertz CT molecular complexity index is 465. The SMILES string of the molecule is CCOc1ccc2c(c1)C[C@@H](/C=C/C(=O)O)CO2. The monoisotopic (exact) mass is 248 g/mol. The standard InChI is InChI=1S/C14H16O4/c1-2-17-12-4-5-13-11(8-12)7-10(9-18-13)3-6-14(15)16/h3-6,8,10H,2,7,9H2,1H3,(H,15,16)/b6-3+/t10-/m1/s1. The first-order valence-electron chi connectivity index (χ1n) is 5.98. The lowest BCUT2D eigenvalue weighted by Crippen LogP contribution is -2.19. The summed E-state index contributed by atoms with van der Waals surface area (Å²) < 4.78 is 11.0. The topological polar surface area (TPSA) is 55.8 Å². The van der Waals surface area contributed by atoms with Crippen LogP contribution in [0.5, 0.6) is 11.5 Å². The van der Waals surface area contributed by atoms with Crippen molar-refractivity contribution in [3.8, 4) is 11.5 Å². The van der Waals surface area contributed by atoms with Crippen molar-refractivity contribution in [3.63, 3.8) is 0 Å². The van der Waals surface area contributed by atoms with Crippen molar-refractivity contribution in [3.05, 3.63) is 35.9 Å². The zero-order chi connectivity index (χ0) is 13.0. The molecule has 1 aliphatic heterocycles. The summed E-state index contributed by atoms with van der Waals surface area (Å²) in [5.41, 5.74) is 1.06. The van der Waals surface area contributed by atoms with Crippen molar-refractivity contribution in [2.45, 2.75) is 13.3 Å². The fourth-order valence-electron chi connectivity index (χ4n) is 1.99. The Morgan fingerprint density at radius 2 is 2.44 bits per heavy atom. The van der Waals surface area contributed by atoms with Crippen LogP contribution in [-0.4, -0.2) is 24.3 Å². The molecule has 0 saturated heterocycles. The minimum absolute atomic E-state index is 0.102. The number of ether oxygens (including phenoxy) is 2. The summed E-state index contributed by atoms with van der Waals surface area (Å²) in [6.07, 6.45) is 3.63. The molecule has 0 radical (unpaired) electrons. The maximum absolute atomic E-state index is 10.5. The van der Waals surface area contributed by atoms with Crippen LogP contribution in [0.3, 0.4) is 0 Å². The predicted octanol–water partition coefficient (Wildman–Crippen LogP) is 2.28. The third-order valence-corrected chi connectivity index (χ3v) is 2.79. The molecule has 1 aromatic carbocycles.